The number of phenols is 2. The Bertz CT molecular complexity index is 2080. The predicted molar refractivity (Wildman–Crippen MR) is 196 cm³/mol. The third-order valence-corrected chi connectivity index (χ3v) is 13.5. The predicted octanol–water partition coefficient (Wildman–Crippen LogP) is 2.36. The van der Waals surface area contributed by atoms with Gasteiger partial charge in [-0.05, 0) is 31.2 Å². The third-order valence-electron chi connectivity index (χ3n) is 10.9. The minimum absolute atomic E-state index is 0.0600. The van der Waals surface area contributed by atoms with Crippen molar-refractivity contribution >= 4 is 74.8 Å². The number of benzene rings is 1. The molecule has 3 aromatic rings. The summed E-state index contributed by atoms with van der Waals surface area (Å²) in [5, 5.41) is 50.7. The van der Waals surface area contributed by atoms with Crippen molar-refractivity contribution in [1.29, 1.82) is 0 Å². The van der Waals surface area contributed by atoms with E-state index in [1.165, 1.54) is 43.9 Å². The molecule has 0 saturated carbocycles. The molecule has 2 aromatic heterocycles. The number of nitrogen functional groups attached to an aromatic ring is 1. The number of thioether (sulfide) groups is 1. The fraction of sp³-hybridized carbons (Fsp3) is 0.485. The van der Waals surface area contributed by atoms with Gasteiger partial charge in [-0.3, -0.25) is 19.3 Å². The summed E-state index contributed by atoms with van der Waals surface area (Å²) < 4.78 is 0.693. The summed E-state index contributed by atoms with van der Waals surface area (Å²) in [5.41, 5.74) is 5.18. The molecule has 2 atom stereocenters. The van der Waals surface area contributed by atoms with Crippen LogP contribution in [0.5, 0.6) is 11.5 Å². The summed E-state index contributed by atoms with van der Waals surface area (Å²) in [6, 6.07) is 2.59. The van der Waals surface area contributed by atoms with Crippen molar-refractivity contribution in [3.8, 4) is 11.5 Å². The molecule has 21 heteroatoms. The second kappa shape index (κ2) is 14.1. The molecule has 0 radical (unpaired) electrons. The number of nitrogens with two attached hydrogens (primary N) is 1. The highest BCUT2D eigenvalue weighted by Crippen LogP contribution is 2.51. The lowest BCUT2D eigenvalue weighted by molar-refractivity contribution is -0.946. The van der Waals surface area contributed by atoms with Gasteiger partial charge in [0.25, 0.3) is 5.91 Å². The number of rotatable bonds is 13. The van der Waals surface area contributed by atoms with Crippen LogP contribution in [0.1, 0.15) is 67.0 Å². The number of carbonyl (C=O) groups is 4. The van der Waals surface area contributed by atoms with Crippen LogP contribution in [0.25, 0.3) is 5.70 Å². The number of aromatic hydroxyl groups is 2. The second-order valence-electron chi connectivity index (χ2n) is 14.4. The van der Waals surface area contributed by atoms with Crippen molar-refractivity contribution in [2.75, 3.05) is 37.7 Å². The lowest BCUT2D eigenvalue weighted by Gasteiger charge is -2.51. The van der Waals surface area contributed by atoms with Gasteiger partial charge >= 0.3 is 5.97 Å². The Morgan fingerprint density at radius 2 is 1.98 bits per heavy atom. The molecule has 2 amide bonds. The molecule has 1 aromatic carbocycles. The lowest BCUT2D eigenvalue weighted by atomic mass is 9.88. The van der Waals surface area contributed by atoms with E-state index in [-0.39, 0.29) is 50.0 Å². The number of carboxylic acids is 1. The van der Waals surface area contributed by atoms with Crippen LogP contribution in [-0.2, 0) is 19.2 Å². The normalized spacial score (nSPS) is 25.3. The Morgan fingerprint density at radius 3 is 2.63 bits per heavy atom. The van der Waals surface area contributed by atoms with Gasteiger partial charge in [-0.15, -0.1) is 22.0 Å². The highest BCUT2D eigenvalue weighted by molar-refractivity contribution is 8.00. The number of ketones is 1. The number of fused-ring (bicyclic) bond motifs is 2. The minimum Gasteiger partial charge on any atom is -0.504 e. The average molecular weight is 802 g/mol. The number of nitrogens with one attached hydrogen (secondary N) is 2. The maximum Gasteiger partial charge on any atom is 0.350 e. The molecule has 3 fully saturated rings. The molecule has 7 rings (SSSR count). The first-order valence-electron chi connectivity index (χ1n) is 17.2. The second-order valence-corrected chi connectivity index (χ2v) is 16.9. The number of Topliss-reactive ketones (excluding diaryl/α,β-unsaturated/α-hetero) is 1. The number of carbonyl (C=O) groups excluding carboxylic acids is 3. The zero-order valence-corrected chi connectivity index (χ0v) is 31.6. The van der Waals surface area contributed by atoms with Crippen LogP contribution in [0.2, 0.25) is 5.02 Å². The number of anilines is 1. The summed E-state index contributed by atoms with van der Waals surface area (Å²) in [7, 11) is 0. The highest BCUT2D eigenvalue weighted by atomic mass is 35.5. The summed E-state index contributed by atoms with van der Waals surface area (Å²) >= 11 is 8.72. The first-order valence-corrected chi connectivity index (χ1v) is 19.4. The van der Waals surface area contributed by atoms with Crippen LogP contribution in [0.4, 0.5) is 5.13 Å². The number of aromatic nitrogens is 5. The van der Waals surface area contributed by atoms with Gasteiger partial charge in [0.2, 0.25) is 17.3 Å². The maximum absolute atomic E-state index is 14.0. The van der Waals surface area contributed by atoms with Crippen LogP contribution < -0.4 is 11.1 Å². The zero-order chi connectivity index (χ0) is 38.6. The monoisotopic (exact) mass is 801 g/mol. The third kappa shape index (κ3) is 6.43. The summed E-state index contributed by atoms with van der Waals surface area (Å²) in [6.45, 7) is 5.27. The number of hydrogen-bond acceptors (Lipinski definition) is 15. The van der Waals surface area contributed by atoms with E-state index < -0.39 is 46.1 Å². The quantitative estimate of drug-likeness (QED) is 0.0477. The fourth-order valence-corrected chi connectivity index (χ4v) is 10.4. The molecule has 7 N–H and O–H groups in total. The van der Waals surface area contributed by atoms with Gasteiger partial charge in [-0.25, -0.2) is 9.78 Å². The van der Waals surface area contributed by atoms with Gasteiger partial charge in [-0.1, -0.05) is 28.1 Å². The van der Waals surface area contributed by atoms with E-state index in [0.29, 0.717) is 29.0 Å². The number of aromatic amines is 1. The van der Waals surface area contributed by atoms with Crippen LogP contribution in [-0.4, -0.2) is 128 Å². The molecule has 3 saturated heterocycles. The van der Waals surface area contributed by atoms with Crippen LogP contribution in [0.15, 0.2) is 29.1 Å². The van der Waals surface area contributed by atoms with Crippen molar-refractivity contribution < 1.29 is 43.8 Å². The largest absolute Gasteiger partial charge is 0.504 e. The van der Waals surface area contributed by atoms with E-state index in [1.54, 1.807) is 4.90 Å². The number of H-pyrrole nitrogens is 1. The Balaban J connectivity index is 1.12. The zero-order valence-electron chi connectivity index (χ0n) is 29.2. The number of nitrogens with zero attached hydrogens (tertiary/aromatic N) is 7. The number of halogens is 1. The lowest BCUT2D eigenvalue weighted by Crippen LogP contribution is -2.64. The smallest absolute Gasteiger partial charge is 0.350 e. The summed E-state index contributed by atoms with van der Waals surface area (Å²) in [4.78, 5) is 63.9. The Kier molecular flexibility index (Phi) is 9.82. The fourth-order valence-electron chi connectivity index (χ4n) is 8.05. The molecular formula is C33H38ClN10O8S2+. The summed E-state index contributed by atoms with van der Waals surface area (Å²) in [5.74, 6) is -3.48. The topological polar surface area (TPSA) is 259 Å². The maximum atomic E-state index is 14.0. The summed E-state index contributed by atoms with van der Waals surface area (Å²) in [6.07, 6.45) is 4.75. The van der Waals surface area contributed by atoms with Crippen LogP contribution in [0.3, 0.4) is 0 Å². The number of thiazole rings is 1. The standard InChI is InChI=1S/C33H37ClN10O8S2/c1-32(2,30(50)51)52-40-23(21-12-36-31(35)54-21)20(46)11-18-28(49)43-24(26-38-41-42-39-26)16(14-53-29(18)43)13-44-9-3-7-33(44,8-4-10-44)15-37-27(48)17-5-6-19(45)25(47)22(17)34/h5-6,12,18,29H,3-4,7-11,13-15H2,1-2H3,(H6-,35,36,37,38,39,40,41,42,45,46,47,48,50,51)/p+1/t18-,29-,33?,44?/m1/s1. The molecule has 54 heavy (non-hydrogen) atoms. The Morgan fingerprint density at radius 1 is 1.24 bits per heavy atom. The van der Waals surface area contributed by atoms with E-state index in [4.69, 9.17) is 22.2 Å². The van der Waals surface area contributed by atoms with E-state index >= 15 is 0 Å². The number of tetrazole rings is 1. The van der Waals surface area contributed by atoms with Crippen molar-refractivity contribution in [2.45, 2.75) is 62.5 Å². The van der Waals surface area contributed by atoms with E-state index in [1.807, 2.05) is 0 Å². The number of oxime groups is 1. The molecular weight excluding hydrogens is 764 g/mol. The molecule has 286 valence electrons. The van der Waals surface area contributed by atoms with Gasteiger partial charge in [0.05, 0.1) is 52.1 Å². The molecule has 6 heterocycles. The number of phenolic OH excluding ortho intramolecular Hbond substituents is 2. The number of quaternary nitrogens is 1. The Hall–Kier alpha value is -4.79. The van der Waals surface area contributed by atoms with E-state index in [2.05, 4.69) is 36.1 Å². The van der Waals surface area contributed by atoms with Crippen molar-refractivity contribution in [3.63, 3.8) is 0 Å². The molecule has 0 spiro atoms. The van der Waals surface area contributed by atoms with Crippen LogP contribution >= 0.6 is 34.7 Å². The van der Waals surface area contributed by atoms with Crippen molar-refractivity contribution in [3.05, 3.63) is 45.2 Å². The average Bonchev–Trinajstić information content (AvgIpc) is 3.94. The minimum atomic E-state index is -1.73. The molecule has 0 unspecified atom stereocenters. The van der Waals surface area contributed by atoms with E-state index in [9.17, 15) is 34.5 Å². The first-order chi connectivity index (χ1) is 25.7. The van der Waals surface area contributed by atoms with Gasteiger partial charge in [-0.2, -0.15) is 5.21 Å². The van der Waals surface area contributed by atoms with Gasteiger partial charge in [0.15, 0.2) is 28.1 Å². The number of aliphatic carboxylic acids is 1. The first kappa shape index (κ1) is 37.5. The molecule has 4 aliphatic rings. The van der Waals surface area contributed by atoms with Crippen molar-refractivity contribution in [2.24, 2.45) is 11.1 Å². The number of amides is 2. The molecule has 0 aliphatic carbocycles. The number of carboxylic acid groups (broad SMARTS) is 1. The van der Waals surface area contributed by atoms with Crippen LogP contribution in [0, 0.1) is 5.92 Å². The molecule has 18 nitrogen and oxygen atoms in total. The van der Waals surface area contributed by atoms with Gasteiger partial charge in [0, 0.05) is 49.6 Å². The Labute approximate surface area is 321 Å². The SMILES string of the molecule is CC(C)(O/N=C(\C(=O)C[C@@H]1C(=O)N2C(c3nn[nH]n3)=C(C[N+]34CCCC3(CNC(=O)c3ccc(O)c(O)c3Cl)CCC4)CS[C@H]12)c1cnc(N)s1)C(=O)O. The molecule has 4 aliphatic heterocycles. The van der Waals surface area contributed by atoms with Crippen molar-refractivity contribution in [1.82, 2.24) is 35.8 Å². The number of β-lactam (4-membered cyclic amide) rings is 1. The van der Waals surface area contributed by atoms with Gasteiger partial charge in [0.1, 0.15) is 12.1 Å². The number of hydrogen-bond donors (Lipinski definition) is 6. The highest BCUT2D eigenvalue weighted by Gasteiger charge is 2.60. The van der Waals surface area contributed by atoms with Gasteiger partial charge < -0.3 is 35.7 Å². The van der Waals surface area contributed by atoms with E-state index in [0.717, 1.165) is 55.7 Å². The molecule has 0 bridgehead atoms.